The van der Waals surface area contributed by atoms with Crippen LogP contribution in [0.3, 0.4) is 0 Å². The summed E-state index contributed by atoms with van der Waals surface area (Å²) in [4.78, 5) is 2.11. The van der Waals surface area contributed by atoms with Crippen molar-refractivity contribution in [3.8, 4) is 0 Å². The molecule has 1 fully saturated rings. The zero-order valence-electron chi connectivity index (χ0n) is 10.8. The lowest BCUT2D eigenvalue weighted by molar-refractivity contribution is 0.127. The summed E-state index contributed by atoms with van der Waals surface area (Å²) in [6.45, 7) is 3.66. The quantitative estimate of drug-likeness (QED) is 0.738. The number of hydrogen-bond acceptors (Lipinski definition) is 3. The highest BCUT2D eigenvalue weighted by atomic mass is 16.3. The highest BCUT2D eigenvalue weighted by Gasteiger charge is 2.45. The van der Waals surface area contributed by atoms with Gasteiger partial charge in [0.15, 0.2) is 0 Å². The van der Waals surface area contributed by atoms with E-state index in [0.29, 0.717) is 0 Å². The zero-order chi connectivity index (χ0) is 12.8. The van der Waals surface area contributed by atoms with Crippen LogP contribution in [0, 0.1) is 0 Å². The smallest absolute Gasteiger partial charge is 0.376 e. The first-order valence-electron chi connectivity index (χ1n) is 6.82. The fraction of sp³-hybridized carbons (Fsp3) is 0.571. The van der Waals surface area contributed by atoms with Gasteiger partial charge in [-0.05, 0) is 50.3 Å². The van der Waals surface area contributed by atoms with E-state index < -0.39 is 0 Å². The van der Waals surface area contributed by atoms with Crippen molar-refractivity contribution >= 4 is 7.05 Å². The topological polar surface area (TPSA) is 43.7 Å². The molecule has 2 N–H and O–H groups in total. The molecule has 18 heavy (non-hydrogen) atoms. The molecule has 0 aromatic heterocycles. The molecule has 1 aromatic rings. The third-order valence-electron chi connectivity index (χ3n) is 4.76. The Morgan fingerprint density at radius 3 is 2.61 bits per heavy atom. The van der Waals surface area contributed by atoms with E-state index in [1.54, 1.807) is 0 Å². The van der Waals surface area contributed by atoms with Gasteiger partial charge in [-0.2, -0.15) is 0 Å². The first-order chi connectivity index (χ1) is 8.62. The number of piperidine rings is 1. The lowest BCUT2D eigenvalue weighted by Gasteiger charge is -2.40. The highest BCUT2D eigenvalue weighted by molar-refractivity contribution is 6.45. The second kappa shape index (κ2) is 4.37. The number of fused-ring (bicyclic) bond motifs is 2. The van der Waals surface area contributed by atoms with Crippen molar-refractivity contribution in [3.05, 3.63) is 35.4 Å². The van der Waals surface area contributed by atoms with Gasteiger partial charge >= 0.3 is 7.05 Å². The average Bonchev–Trinajstić information content (AvgIpc) is 2.64. The molecule has 4 heteroatoms. The summed E-state index contributed by atoms with van der Waals surface area (Å²) in [5.41, 5.74) is 2.59. The molecule has 0 radical (unpaired) electrons. The predicted octanol–water partition coefficient (Wildman–Crippen LogP) is 1.57. The first kappa shape index (κ1) is 12.2. The van der Waals surface area contributed by atoms with Gasteiger partial charge in [-0.15, -0.1) is 0 Å². The molecule has 1 atom stereocenters. The molecule has 3 rings (SSSR count). The molecular weight excluding hydrogens is 225 g/mol. The van der Waals surface area contributed by atoms with Gasteiger partial charge < -0.3 is 14.9 Å². The largest absolute Gasteiger partial charge is 0.437 e. The summed E-state index contributed by atoms with van der Waals surface area (Å²) in [7, 11) is -0.357. The molecule has 1 unspecified atom stereocenters. The summed E-state index contributed by atoms with van der Waals surface area (Å²) in [5, 5.41) is 19.8. The zero-order valence-corrected chi connectivity index (χ0v) is 10.8. The molecule has 3 nitrogen and oxygen atoms in total. The normalized spacial score (nSPS) is 26.3. The standard InChI is InChI=1S/C14H20BNO2/c1-15(18)16-8-6-14(7-9-16)10-13(17)11-4-2-3-5-12(11)14/h2-5,13,17-18H,6-10H2,1H3. The van der Waals surface area contributed by atoms with Crippen LogP contribution in [-0.2, 0) is 5.41 Å². The molecule has 0 amide bonds. The molecule has 0 bridgehead atoms. The van der Waals surface area contributed by atoms with Gasteiger partial charge in [-0.25, -0.2) is 0 Å². The van der Waals surface area contributed by atoms with Gasteiger partial charge in [-0.1, -0.05) is 24.3 Å². The number of nitrogens with zero attached hydrogens (tertiary/aromatic N) is 1. The Balaban J connectivity index is 1.87. The average molecular weight is 245 g/mol. The van der Waals surface area contributed by atoms with Gasteiger partial charge in [0.1, 0.15) is 0 Å². The van der Waals surface area contributed by atoms with Gasteiger partial charge in [0.2, 0.25) is 0 Å². The molecule has 1 aliphatic carbocycles. The lowest BCUT2D eigenvalue weighted by atomic mass is 9.70. The second-order valence-corrected chi connectivity index (χ2v) is 5.76. The maximum Gasteiger partial charge on any atom is 0.376 e. The minimum atomic E-state index is -0.357. The number of benzene rings is 1. The van der Waals surface area contributed by atoms with Crippen LogP contribution in [0.15, 0.2) is 24.3 Å². The highest BCUT2D eigenvalue weighted by Crippen LogP contribution is 2.50. The van der Waals surface area contributed by atoms with Crippen molar-refractivity contribution in [1.29, 1.82) is 0 Å². The van der Waals surface area contributed by atoms with Crippen molar-refractivity contribution in [1.82, 2.24) is 4.81 Å². The van der Waals surface area contributed by atoms with E-state index in [1.165, 1.54) is 5.56 Å². The third kappa shape index (κ3) is 1.80. The second-order valence-electron chi connectivity index (χ2n) is 5.76. The lowest BCUT2D eigenvalue weighted by Crippen LogP contribution is -2.47. The van der Waals surface area contributed by atoms with Crippen molar-refractivity contribution in [2.75, 3.05) is 13.1 Å². The first-order valence-corrected chi connectivity index (χ1v) is 6.82. The molecule has 1 saturated heterocycles. The monoisotopic (exact) mass is 245 g/mol. The summed E-state index contributed by atoms with van der Waals surface area (Å²) in [6, 6.07) is 8.30. The van der Waals surface area contributed by atoms with Crippen LogP contribution >= 0.6 is 0 Å². The third-order valence-corrected chi connectivity index (χ3v) is 4.76. The summed E-state index contributed by atoms with van der Waals surface area (Å²) in [5.74, 6) is 0. The van der Waals surface area contributed by atoms with E-state index >= 15 is 0 Å². The van der Waals surface area contributed by atoms with Crippen molar-refractivity contribution in [3.63, 3.8) is 0 Å². The van der Waals surface area contributed by atoms with Gasteiger partial charge in [-0.3, -0.25) is 0 Å². The molecule has 1 heterocycles. The Bertz CT molecular complexity index is 441. The number of hydrogen-bond donors (Lipinski definition) is 2. The molecule has 96 valence electrons. The molecular formula is C14H20BNO2. The Hall–Kier alpha value is -0.835. The SMILES string of the molecule is CB(O)N1CCC2(CC1)CC(O)c1ccccc12. The van der Waals surface area contributed by atoms with E-state index in [2.05, 4.69) is 23.0 Å². The van der Waals surface area contributed by atoms with E-state index in [1.807, 2.05) is 12.9 Å². The van der Waals surface area contributed by atoms with E-state index in [-0.39, 0.29) is 18.6 Å². The Kier molecular flexibility index (Phi) is 2.97. The van der Waals surface area contributed by atoms with Crippen LogP contribution in [-0.4, -0.2) is 35.1 Å². The Morgan fingerprint density at radius 1 is 1.28 bits per heavy atom. The van der Waals surface area contributed by atoms with Gasteiger partial charge in [0.05, 0.1) is 6.10 Å². The van der Waals surface area contributed by atoms with E-state index in [9.17, 15) is 10.1 Å². The molecule has 1 aromatic carbocycles. The number of aliphatic hydroxyl groups excluding tert-OH is 1. The minimum absolute atomic E-state index is 0.140. The van der Waals surface area contributed by atoms with Crippen molar-refractivity contribution < 1.29 is 10.1 Å². The number of rotatable bonds is 1. The number of aliphatic hydroxyl groups is 1. The van der Waals surface area contributed by atoms with Crippen LogP contribution in [0.25, 0.3) is 0 Å². The minimum Gasteiger partial charge on any atom is -0.437 e. The van der Waals surface area contributed by atoms with Crippen molar-refractivity contribution in [2.24, 2.45) is 0 Å². The predicted molar refractivity (Wildman–Crippen MR) is 72.3 cm³/mol. The molecule has 2 aliphatic rings. The Morgan fingerprint density at radius 2 is 1.94 bits per heavy atom. The van der Waals surface area contributed by atoms with Crippen molar-refractivity contribution in [2.45, 2.75) is 37.6 Å². The van der Waals surface area contributed by atoms with Crippen LogP contribution in [0.5, 0.6) is 0 Å². The fourth-order valence-corrected chi connectivity index (χ4v) is 3.66. The van der Waals surface area contributed by atoms with Crippen LogP contribution < -0.4 is 0 Å². The maximum atomic E-state index is 10.2. The van der Waals surface area contributed by atoms with Gasteiger partial charge in [0, 0.05) is 5.41 Å². The van der Waals surface area contributed by atoms with E-state index in [4.69, 9.17) is 0 Å². The van der Waals surface area contributed by atoms with E-state index in [0.717, 1.165) is 37.9 Å². The molecule has 0 saturated carbocycles. The fourth-order valence-electron chi connectivity index (χ4n) is 3.66. The summed E-state index contributed by atoms with van der Waals surface area (Å²) < 4.78 is 0. The van der Waals surface area contributed by atoms with Crippen LogP contribution in [0.2, 0.25) is 6.82 Å². The summed E-state index contributed by atoms with van der Waals surface area (Å²) >= 11 is 0. The summed E-state index contributed by atoms with van der Waals surface area (Å²) in [6.07, 6.45) is 2.61. The van der Waals surface area contributed by atoms with Crippen LogP contribution in [0.1, 0.15) is 36.5 Å². The van der Waals surface area contributed by atoms with Gasteiger partial charge in [0.25, 0.3) is 0 Å². The van der Waals surface area contributed by atoms with Crippen LogP contribution in [0.4, 0.5) is 0 Å². The molecule has 1 spiro atoms. The molecule has 1 aliphatic heterocycles. The Labute approximate surface area is 109 Å². The maximum absolute atomic E-state index is 10.2.